The van der Waals surface area contributed by atoms with E-state index in [1.54, 1.807) is 14.2 Å². The molecule has 1 amide bonds. The Hall–Kier alpha value is -3.80. The van der Waals surface area contributed by atoms with Gasteiger partial charge in [0.2, 0.25) is 5.91 Å². The topological polar surface area (TPSA) is 65.4 Å². The first-order chi connectivity index (χ1) is 15.1. The molecule has 0 aliphatic rings. The minimum Gasteiger partial charge on any atom is -0.493 e. The minimum absolute atomic E-state index is 0.117. The number of rotatable bonds is 7. The van der Waals surface area contributed by atoms with Crippen LogP contribution in [0.1, 0.15) is 12.5 Å². The number of imidazole rings is 1. The maximum absolute atomic E-state index is 12.9. The summed E-state index contributed by atoms with van der Waals surface area (Å²) >= 11 is 0. The van der Waals surface area contributed by atoms with Gasteiger partial charge in [0.05, 0.1) is 25.3 Å². The molecule has 0 bridgehead atoms. The molecular formula is C25H25N3O3. The molecule has 4 rings (SSSR count). The van der Waals surface area contributed by atoms with Crippen molar-refractivity contribution >= 4 is 22.6 Å². The van der Waals surface area contributed by atoms with Crippen LogP contribution in [-0.4, -0.2) is 29.7 Å². The molecule has 31 heavy (non-hydrogen) atoms. The number of ether oxygens (including phenoxy) is 2. The Morgan fingerprint density at radius 1 is 0.968 bits per heavy atom. The zero-order valence-corrected chi connectivity index (χ0v) is 17.9. The van der Waals surface area contributed by atoms with E-state index in [9.17, 15) is 4.79 Å². The molecule has 0 saturated heterocycles. The summed E-state index contributed by atoms with van der Waals surface area (Å²) in [6.07, 6.45) is 0.962. The lowest BCUT2D eigenvalue weighted by atomic mass is 10.1. The lowest BCUT2D eigenvalue weighted by Gasteiger charge is -2.12. The van der Waals surface area contributed by atoms with Gasteiger partial charge in [-0.15, -0.1) is 0 Å². The monoisotopic (exact) mass is 415 g/mol. The molecule has 4 aromatic rings. The number of fused-ring (bicyclic) bond motifs is 1. The van der Waals surface area contributed by atoms with Crippen LogP contribution in [0.15, 0.2) is 66.7 Å². The van der Waals surface area contributed by atoms with Crippen LogP contribution in [0.25, 0.3) is 22.4 Å². The fourth-order valence-corrected chi connectivity index (χ4v) is 3.60. The molecule has 0 aliphatic carbocycles. The average molecular weight is 415 g/mol. The normalized spacial score (nSPS) is 10.8. The Morgan fingerprint density at radius 3 is 2.42 bits per heavy atom. The van der Waals surface area contributed by atoms with Crippen molar-refractivity contribution in [2.45, 2.75) is 19.9 Å². The number of benzene rings is 3. The molecule has 0 atom stereocenters. The van der Waals surface area contributed by atoms with E-state index in [1.165, 1.54) is 5.56 Å². The van der Waals surface area contributed by atoms with E-state index in [2.05, 4.69) is 12.2 Å². The maximum atomic E-state index is 12.9. The molecule has 3 aromatic carbocycles. The third-order valence-electron chi connectivity index (χ3n) is 5.24. The number of aromatic nitrogens is 2. The molecule has 1 aromatic heterocycles. The molecule has 0 radical (unpaired) electrons. The van der Waals surface area contributed by atoms with E-state index in [4.69, 9.17) is 14.5 Å². The Morgan fingerprint density at radius 2 is 1.71 bits per heavy atom. The molecule has 0 aliphatic heterocycles. The molecule has 1 N–H and O–H groups in total. The van der Waals surface area contributed by atoms with Gasteiger partial charge in [0.15, 0.2) is 11.5 Å². The highest BCUT2D eigenvalue weighted by Crippen LogP contribution is 2.33. The predicted octanol–water partition coefficient (Wildman–Crippen LogP) is 4.92. The number of hydrogen-bond donors (Lipinski definition) is 1. The number of carbonyl (C=O) groups is 1. The van der Waals surface area contributed by atoms with Crippen molar-refractivity contribution in [3.8, 4) is 22.9 Å². The fraction of sp³-hybridized carbons (Fsp3) is 0.200. The van der Waals surface area contributed by atoms with Gasteiger partial charge in [0, 0.05) is 11.3 Å². The Kier molecular flexibility index (Phi) is 5.89. The van der Waals surface area contributed by atoms with Crippen LogP contribution >= 0.6 is 0 Å². The van der Waals surface area contributed by atoms with Crippen LogP contribution in [-0.2, 0) is 17.8 Å². The van der Waals surface area contributed by atoms with E-state index in [0.717, 1.165) is 28.7 Å². The van der Waals surface area contributed by atoms with Gasteiger partial charge < -0.3 is 19.4 Å². The molecule has 1 heterocycles. The largest absolute Gasteiger partial charge is 0.493 e. The first kappa shape index (κ1) is 20.5. The van der Waals surface area contributed by atoms with Gasteiger partial charge in [-0.3, -0.25) is 4.79 Å². The van der Waals surface area contributed by atoms with Crippen LogP contribution in [0.5, 0.6) is 11.5 Å². The second-order valence-corrected chi connectivity index (χ2v) is 7.18. The molecule has 158 valence electrons. The SMILES string of the molecule is CCc1ccc(NC(=O)Cn2c(-c3ccc(OC)c(OC)c3)nc3ccccc32)cc1. The van der Waals surface area contributed by atoms with Gasteiger partial charge >= 0.3 is 0 Å². The zero-order valence-electron chi connectivity index (χ0n) is 17.9. The number of anilines is 1. The molecule has 6 nitrogen and oxygen atoms in total. The number of hydrogen-bond acceptors (Lipinski definition) is 4. The van der Waals surface area contributed by atoms with Gasteiger partial charge in [0.25, 0.3) is 0 Å². The second kappa shape index (κ2) is 8.92. The minimum atomic E-state index is -0.117. The number of methoxy groups -OCH3 is 2. The summed E-state index contributed by atoms with van der Waals surface area (Å²) in [5.74, 6) is 1.83. The maximum Gasteiger partial charge on any atom is 0.244 e. The van der Waals surface area contributed by atoms with Gasteiger partial charge in [-0.25, -0.2) is 4.98 Å². The van der Waals surface area contributed by atoms with Crippen molar-refractivity contribution < 1.29 is 14.3 Å². The van der Waals surface area contributed by atoms with Crippen LogP contribution in [0.2, 0.25) is 0 Å². The summed E-state index contributed by atoms with van der Waals surface area (Å²) in [6.45, 7) is 2.24. The number of nitrogens with one attached hydrogen (secondary N) is 1. The van der Waals surface area contributed by atoms with Crippen molar-refractivity contribution in [3.63, 3.8) is 0 Å². The third-order valence-corrected chi connectivity index (χ3v) is 5.24. The number of amides is 1. The molecule has 0 spiro atoms. The quantitative estimate of drug-likeness (QED) is 0.465. The van der Waals surface area contributed by atoms with Crippen molar-refractivity contribution in [2.24, 2.45) is 0 Å². The van der Waals surface area contributed by atoms with Crippen LogP contribution in [0.3, 0.4) is 0 Å². The average Bonchev–Trinajstić information content (AvgIpc) is 3.17. The summed E-state index contributed by atoms with van der Waals surface area (Å²) in [5.41, 5.74) is 4.57. The lowest BCUT2D eigenvalue weighted by molar-refractivity contribution is -0.116. The van der Waals surface area contributed by atoms with Crippen LogP contribution in [0.4, 0.5) is 5.69 Å². The van der Waals surface area contributed by atoms with E-state index in [1.807, 2.05) is 71.3 Å². The number of carbonyl (C=O) groups excluding carboxylic acids is 1. The fourth-order valence-electron chi connectivity index (χ4n) is 3.60. The smallest absolute Gasteiger partial charge is 0.244 e. The molecule has 0 saturated carbocycles. The van der Waals surface area contributed by atoms with Gasteiger partial charge in [-0.05, 0) is 54.4 Å². The van der Waals surface area contributed by atoms with E-state index < -0.39 is 0 Å². The molecule has 6 heteroatoms. The number of para-hydroxylation sites is 2. The van der Waals surface area contributed by atoms with Gasteiger partial charge in [-0.2, -0.15) is 0 Å². The number of aryl methyl sites for hydroxylation is 1. The highest BCUT2D eigenvalue weighted by molar-refractivity contribution is 5.92. The highest BCUT2D eigenvalue weighted by Gasteiger charge is 2.17. The van der Waals surface area contributed by atoms with E-state index in [0.29, 0.717) is 17.3 Å². The summed E-state index contributed by atoms with van der Waals surface area (Å²) in [6, 6.07) is 21.3. The van der Waals surface area contributed by atoms with Crippen LogP contribution in [0, 0.1) is 0 Å². The van der Waals surface area contributed by atoms with E-state index >= 15 is 0 Å². The van der Waals surface area contributed by atoms with E-state index in [-0.39, 0.29) is 12.5 Å². The Bertz CT molecular complexity index is 1210. The van der Waals surface area contributed by atoms with Crippen LogP contribution < -0.4 is 14.8 Å². The van der Waals surface area contributed by atoms with Gasteiger partial charge in [-0.1, -0.05) is 31.2 Å². The Balaban J connectivity index is 1.69. The van der Waals surface area contributed by atoms with Crippen molar-refractivity contribution in [2.75, 3.05) is 19.5 Å². The lowest BCUT2D eigenvalue weighted by Crippen LogP contribution is -2.19. The summed E-state index contributed by atoms with van der Waals surface area (Å²) in [4.78, 5) is 17.7. The van der Waals surface area contributed by atoms with Crippen molar-refractivity contribution in [1.29, 1.82) is 0 Å². The summed E-state index contributed by atoms with van der Waals surface area (Å²) in [5, 5.41) is 2.98. The third kappa shape index (κ3) is 4.23. The number of nitrogens with zero attached hydrogens (tertiary/aromatic N) is 2. The molecular weight excluding hydrogens is 390 g/mol. The standard InChI is InChI=1S/C25H25N3O3/c1-4-17-9-12-19(13-10-17)26-24(29)16-28-21-8-6-5-7-20(21)27-25(28)18-11-14-22(30-2)23(15-18)31-3/h5-15H,4,16H2,1-3H3,(H,26,29). The molecule has 0 fully saturated rings. The first-order valence-corrected chi connectivity index (χ1v) is 10.2. The predicted molar refractivity (Wildman–Crippen MR) is 123 cm³/mol. The van der Waals surface area contributed by atoms with Gasteiger partial charge in [0.1, 0.15) is 12.4 Å². The highest BCUT2D eigenvalue weighted by atomic mass is 16.5. The van der Waals surface area contributed by atoms with Crippen molar-refractivity contribution in [3.05, 3.63) is 72.3 Å². The summed E-state index contributed by atoms with van der Waals surface area (Å²) in [7, 11) is 3.20. The zero-order chi connectivity index (χ0) is 21.8. The molecule has 0 unspecified atom stereocenters. The summed E-state index contributed by atoms with van der Waals surface area (Å²) < 4.78 is 12.7. The Labute approximate surface area is 181 Å². The first-order valence-electron chi connectivity index (χ1n) is 10.2. The van der Waals surface area contributed by atoms with Crippen molar-refractivity contribution in [1.82, 2.24) is 9.55 Å². The second-order valence-electron chi connectivity index (χ2n) is 7.18.